The van der Waals surface area contributed by atoms with Crippen molar-refractivity contribution in [2.75, 3.05) is 0 Å². The van der Waals surface area contributed by atoms with Gasteiger partial charge in [-0.25, -0.2) is 0 Å². The van der Waals surface area contributed by atoms with Gasteiger partial charge in [-0.05, 0) is 0 Å². The first-order valence-corrected chi connectivity index (χ1v) is 41.1. The molecule has 77 heavy (non-hydrogen) atoms. The summed E-state index contributed by atoms with van der Waals surface area (Å²) < 4.78 is 19.0. The van der Waals surface area contributed by atoms with Gasteiger partial charge in [0.15, 0.2) is 0 Å². The van der Waals surface area contributed by atoms with Crippen molar-refractivity contribution in [1.29, 1.82) is 0 Å². The number of carbonyl (C=O) groups is 3. The predicted molar refractivity (Wildman–Crippen MR) is 338 cm³/mol. The zero-order valence-electron chi connectivity index (χ0n) is 53.0. The molecule has 0 aliphatic carbocycles. The van der Waals surface area contributed by atoms with Crippen molar-refractivity contribution in [2.45, 2.75) is 430 Å². The average molecular weight is 1190 g/mol. The first-order valence-electron chi connectivity index (χ1n) is 35.6. The fourth-order valence-corrected chi connectivity index (χ4v) is 18.6. The van der Waals surface area contributed by atoms with Crippen molar-refractivity contribution in [3.8, 4) is 0 Å². The third-order valence-corrected chi connectivity index (χ3v) is 24.0. The van der Waals surface area contributed by atoms with Gasteiger partial charge in [-0.2, -0.15) is 0 Å². The van der Waals surface area contributed by atoms with Gasteiger partial charge in [-0.15, -0.1) is 0 Å². The maximum absolute atomic E-state index is 13.5. The molecule has 0 aliphatic rings. The Kier molecular flexibility index (Phi) is 63.7. The van der Waals surface area contributed by atoms with Crippen LogP contribution in [-0.4, -0.2) is 37.5 Å². The van der Waals surface area contributed by atoms with Crippen molar-refractivity contribution in [3.63, 3.8) is 0 Å². The van der Waals surface area contributed by atoms with Crippen LogP contribution in [0.2, 0.25) is 4.44 Å². The number of rotatable bonds is 66. The van der Waals surface area contributed by atoms with E-state index < -0.39 is 19.6 Å². The molecule has 0 atom stereocenters. The van der Waals surface area contributed by atoms with Gasteiger partial charge in [0.1, 0.15) is 0 Å². The third-order valence-electron chi connectivity index (χ3n) is 16.6. The number of hydrogen-bond donors (Lipinski definition) is 0. The van der Waals surface area contributed by atoms with Gasteiger partial charge < -0.3 is 0 Å². The minimum atomic E-state index is -4.88. The topological polar surface area (TPSA) is 78.9 Å². The average Bonchev–Trinajstić information content (AvgIpc) is 3.42. The summed E-state index contributed by atoms with van der Waals surface area (Å²) in [5, 5.41) is 0. The van der Waals surface area contributed by atoms with Crippen LogP contribution in [0.3, 0.4) is 0 Å². The van der Waals surface area contributed by atoms with Crippen LogP contribution in [0.25, 0.3) is 0 Å². The molecule has 0 heterocycles. The molecule has 0 spiro atoms. The second-order valence-electron chi connectivity index (χ2n) is 24.6. The fraction of sp³-hybridized carbons (Fsp3) is 0.957. The van der Waals surface area contributed by atoms with E-state index in [1.54, 1.807) is 0 Å². The van der Waals surface area contributed by atoms with E-state index in [9.17, 15) is 14.4 Å². The Morgan fingerprint density at radius 3 is 0.468 bits per heavy atom. The second-order valence-corrected chi connectivity index (χ2v) is 31.6. The SMILES string of the molecule is CCCCCCCCCCCCCCCCCCCCCC(=O)[O][Sn]([CH2]CCC)([O]C(=O)CCCCCCCCCCCCCCCCCCCCC)[O]C(=O)CCCCCCCCCCCCCCCCCCCCC. The first kappa shape index (κ1) is 76.2. The van der Waals surface area contributed by atoms with Crippen LogP contribution in [0.1, 0.15) is 426 Å². The van der Waals surface area contributed by atoms with Crippen molar-refractivity contribution in [3.05, 3.63) is 0 Å². The van der Waals surface area contributed by atoms with E-state index >= 15 is 0 Å². The van der Waals surface area contributed by atoms with Gasteiger partial charge in [0, 0.05) is 0 Å². The molecule has 0 aromatic heterocycles. The number of hydrogen-bond acceptors (Lipinski definition) is 6. The van der Waals surface area contributed by atoms with Crippen LogP contribution in [0, 0.1) is 0 Å². The molecule has 0 fully saturated rings. The molecule has 0 aliphatic heterocycles. The molecule has 6 nitrogen and oxygen atoms in total. The van der Waals surface area contributed by atoms with Crippen LogP contribution in [0.4, 0.5) is 0 Å². The Labute approximate surface area is 488 Å². The summed E-state index contributed by atoms with van der Waals surface area (Å²) in [4.78, 5) is 40.5. The molecule has 0 saturated carbocycles. The van der Waals surface area contributed by atoms with Crippen LogP contribution < -0.4 is 0 Å². The third kappa shape index (κ3) is 59.6. The van der Waals surface area contributed by atoms with Crippen LogP contribution in [0.15, 0.2) is 0 Å². The molecule has 0 bridgehead atoms. The van der Waals surface area contributed by atoms with E-state index in [0.29, 0.717) is 10.9 Å². The minimum Gasteiger partial charge on any atom is -0.0654 e. The number of unbranched alkanes of at least 4 members (excludes halogenated alkanes) is 55. The molecule has 0 radical (unpaired) electrons. The summed E-state index contributed by atoms with van der Waals surface area (Å²) in [6, 6.07) is 0. The van der Waals surface area contributed by atoms with E-state index in [1.807, 2.05) is 0 Å². The van der Waals surface area contributed by atoms with Crippen molar-refractivity contribution in [2.24, 2.45) is 0 Å². The van der Waals surface area contributed by atoms with E-state index in [0.717, 1.165) is 64.2 Å². The molecule has 7 heteroatoms. The summed E-state index contributed by atoms with van der Waals surface area (Å²) in [6.45, 7) is 8.96. The molecular weight excluding hydrogens is 1060 g/mol. The monoisotopic (exact) mass is 1190 g/mol. The van der Waals surface area contributed by atoms with Gasteiger partial charge in [0.25, 0.3) is 0 Å². The summed E-state index contributed by atoms with van der Waals surface area (Å²) in [6.07, 6.45) is 76.9. The van der Waals surface area contributed by atoms with Crippen LogP contribution in [-0.2, 0) is 23.6 Å². The van der Waals surface area contributed by atoms with Crippen molar-refractivity contribution in [1.82, 2.24) is 0 Å². The first-order chi connectivity index (χ1) is 37.9. The van der Waals surface area contributed by atoms with Gasteiger partial charge in [-0.1, -0.05) is 213 Å². The normalized spacial score (nSPS) is 11.7. The van der Waals surface area contributed by atoms with Gasteiger partial charge in [-0.3, -0.25) is 0 Å². The summed E-state index contributed by atoms with van der Waals surface area (Å²) in [7, 11) is 0. The maximum atomic E-state index is 13.5. The Morgan fingerprint density at radius 1 is 0.195 bits per heavy atom. The Morgan fingerprint density at radius 2 is 0.325 bits per heavy atom. The van der Waals surface area contributed by atoms with Crippen molar-refractivity contribution < 1.29 is 23.6 Å². The van der Waals surface area contributed by atoms with Gasteiger partial charge in [0.2, 0.25) is 0 Å². The number of carbonyl (C=O) groups excluding carboxylic acids is 3. The Hall–Kier alpha value is -0.791. The molecule has 0 amide bonds. The Bertz CT molecular complexity index is 1060. The summed E-state index contributed by atoms with van der Waals surface area (Å²) in [5.74, 6) is -1.05. The molecular formula is C70H138O6Sn. The predicted octanol–water partition coefficient (Wildman–Crippen LogP) is 24.8. The second kappa shape index (κ2) is 64.4. The molecule has 0 saturated heterocycles. The van der Waals surface area contributed by atoms with E-state index in [4.69, 9.17) is 9.22 Å². The van der Waals surface area contributed by atoms with E-state index in [2.05, 4.69) is 27.7 Å². The van der Waals surface area contributed by atoms with E-state index in [1.165, 1.54) is 308 Å². The Balaban J connectivity index is 4.67. The zero-order chi connectivity index (χ0) is 55.9. The molecule has 0 N–H and O–H groups in total. The smallest absolute Gasteiger partial charge is 0.0654 e. The van der Waals surface area contributed by atoms with Gasteiger partial charge in [0.05, 0.1) is 0 Å². The summed E-state index contributed by atoms with van der Waals surface area (Å²) in [5.41, 5.74) is 0. The molecule has 0 aromatic carbocycles. The minimum absolute atomic E-state index is 0.289. The quantitative estimate of drug-likeness (QED) is 0.0446. The van der Waals surface area contributed by atoms with E-state index in [-0.39, 0.29) is 37.2 Å². The van der Waals surface area contributed by atoms with Gasteiger partial charge >= 0.3 is 278 Å². The van der Waals surface area contributed by atoms with Crippen LogP contribution in [0.5, 0.6) is 0 Å². The summed E-state index contributed by atoms with van der Waals surface area (Å²) >= 11 is -4.88. The molecule has 0 unspecified atom stereocenters. The van der Waals surface area contributed by atoms with Crippen LogP contribution >= 0.6 is 0 Å². The van der Waals surface area contributed by atoms with Crippen molar-refractivity contribution >= 4 is 37.5 Å². The standard InChI is InChI=1S/3C22H44O2.C4H9.Sn/c3*1-2-3-4-5-6-7-8-9-10-11-12-13-14-15-16-17-18-19-20-21-22(23)24;1-3-4-2;/h3*2-21H2,1H3,(H,23,24);1,3-4H2,2H3;/q;;;;+3/p-3. The zero-order valence-corrected chi connectivity index (χ0v) is 55.9. The molecule has 0 aromatic rings. The fourth-order valence-electron chi connectivity index (χ4n) is 11.3. The molecule has 0 rings (SSSR count). The molecule has 458 valence electrons.